The van der Waals surface area contributed by atoms with E-state index in [4.69, 9.17) is 0 Å². The zero-order valence-electron chi connectivity index (χ0n) is 16.3. The van der Waals surface area contributed by atoms with Crippen molar-refractivity contribution >= 4 is 11.9 Å². The molecule has 2 aliphatic heterocycles. The van der Waals surface area contributed by atoms with Crippen molar-refractivity contribution in [2.45, 2.75) is 31.7 Å². The second kappa shape index (κ2) is 7.76. The number of hydrogen-bond donors (Lipinski definition) is 1. The first-order valence-electron chi connectivity index (χ1n) is 10.0. The minimum Gasteiger partial charge on any atom is -0.319 e. The van der Waals surface area contributed by atoms with Crippen molar-refractivity contribution in [1.82, 2.24) is 15.1 Å². The molecule has 0 aromatic heterocycles. The Morgan fingerprint density at radius 1 is 0.964 bits per heavy atom. The third-order valence-corrected chi connectivity index (χ3v) is 5.97. The van der Waals surface area contributed by atoms with Gasteiger partial charge in [0.2, 0.25) is 0 Å². The van der Waals surface area contributed by atoms with E-state index in [1.807, 2.05) is 60.7 Å². The number of nitrogens with zero attached hydrogens (tertiary/aromatic N) is 2. The maximum Gasteiger partial charge on any atom is 0.326 e. The van der Waals surface area contributed by atoms with Crippen LogP contribution in [0.1, 0.15) is 30.9 Å². The van der Waals surface area contributed by atoms with Crippen LogP contribution >= 0.6 is 0 Å². The smallest absolute Gasteiger partial charge is 0.319 e. The average Bonchev–Trinajstić information content (AvgIpc) is 2.96. The minimum atomic E-state index is -1.05. The fraction of sp³-hybridized carbons (Fsp3) is 0.391. The lowest BCUT2D eigenvalue weighted by Crippen LogP contribution is -2.48. The highest BCUT2D eigenvalue weighted by Crippen LogP contribution is 2.33. The Morgan fingerprint density at radius 2 is 1.57 bits per heavy atom. The summed E-state index contributed by atoms with van der Waals surface area (Å²) in [6, 6.07) is 19.2. The predicted molar refractivity (Wildman–Crippen MR) is 108 cm³/mol. The predicted octanol–water partition coefficient (Wildman–Crippen LogP) is 3.37. The van der Waals surface area contributed by atoms with Gasteiger partial charge in [0.25, 0.3) is 5.91 Å². The first kappa shape index (κ1) is 18.7. The number of carbonyl (C=O) groups excluding carboxylic acids is 2. The minimum absolute atomic E-state index is 0.161. The van der Waals surface area contributed by atoms with Gasteiger partial charge >= 0.3 is 6.03 Å². The van der Waals surface area contributed by atoms with E-state index in [1.54, 1.807) is 0 Å². The van der Waals surface area contributed by atoms with Crippen LogP contribution in [0.4, 0.5) is 4.79 Å². The van der Waals surface area contributed by atoms with Crippen LogP contribution in [0.2, 0.25) is 0 Å². The van der Waals surface area contributed by atoms with Gasteiger partial charge in [-0.2, -0.15) is 0 Å². The first-order chi connectivity index (χ1) is 13.6. The van der Waals surface area contributed by atoms with Crippen LogP contribution < -0.4 is 5.32 Å². The number of hydrogen-bond acceptors (Lipinski definition) is 3. The summed E-state index contributed by atoms with van der Waals surface area (Å²) in [4.78, 5) is 30.1. The summed E-state index contributed by atoms with van der Waals surface area (Å²) in [5.74, 6) is 0.548. The van der Waals surface area contributed by atoms with Crippen LogP contribution in [0.15, 0.2) is 60.7 Å². The van der Waals surface area contributed by atoms with Crippen LogP contribution in [-0.2, 0) is 16.8 Å². The van der Waals surface area contributed by atoms with Crippen molar-refractivity contribution < 1.29 is 9.59 Å². The Labute approximate surface area is 166 Å². The molecular formula is C23H27N3O2. The standard InChI is InChI=1S/C23H27N3O2/c1-18-12-14-25(15-13-18)17-26-21(27)23(24-22(26)28,20-10-6-3-7-11-20)16-19-8-4-2-5-9-19/h2-11,18H,12-17H2,1H3,(H,24,28)/t23-/m1/s1. The summed E-state index contributed by atoms with van der Waals surface area (Å²) in [5, 5.41) is 3.04. The number of imide groups is 1. The topological polar surface area (TPSA) is 52.6 Å². The van der Waals surface area contributed by atoms with Crippen molar-refractivity contribution in [3.63, 3.8) is 0 Å². The molecule has 0 radical (unpaired) electrons. The monoisotopic (exact) mass is 377 g/mol. The van der Waals surface area contributed by atoms with E-state index in [2.05, 4.69) is 17.1 Å². The van der Waals surface area contributed by atoms with Gasteiger partial charge in [-0.25, -0.2) is 9.69 Å². The molecule has 0 saturated carbocycles. The van der Waals surface area contributed by atoms with Gasteiger partial charge in [0.15, 0.2) is 5.54 Å². The Balaban J connectivity index is 1.63. The molecule has 2 fully saturated rings. The number of piperidine rings is 1. The van der Waals surface area contributed by atoms with Gasteiger partial charge in [0.05, 0.1) is 6.67 Å². The maximum atomic E-state index is 13.6. The van der Waals surface area contributed by atoms with Gasteiger partial charge in [-0.15, -0.1) is 0 Å². The molecule has 0 spiro atoms. The van der Waals surface area contributed by atoms with E-state index in [-0.39, 0.29) is 11.9 Å². The van der Waals surface area contributed by atoms with Gasteiger partial charge in [-0.3, -0.25) is 9.69 Å². The molecule has 28 heavy (non-hydrogen) atoms. The van der Waals surface area contributed by atoms with Crippen LogP contribution in [0.25, 0.3) is 0 Å². The number of likely N-dealkylation sites (tertiary alicyclic amines) is 1. The molecule has 5 nitrogen and oxygen atoms in total. The van der Waals surface area contributed by atoms with E-state index >= 15 is 0 Å². The summed E-state index contributed by atoms with van der Waals surface area (Å²) in [7, 11) is 0. The Hall–Kier alpha value is -2.66. The summed E-state index contributed by atoms with van der Waals surface area (Å²) in [5.41, 5.74) is 0.795. The van der Waals surface area contributed by atoms with Crippen molar-refractivity contribution in [2.75, 3.05) is 19.8 Å². The number of urea groups is 1. The number of amides is 3. The Bertz CT molecular complexity index is 831. The lowest BCUT2D eigenvalue weighted by atomic mass is 9.83. The van der Waals surface area contributed by atoms with Crippen LogP contribution in [0.3, 0.4) is 0 Å². The first-order valence-corrected chi connectivity index (χ1v) is 10.0. The molecule has 4 rings (SSSR count). The highest BCUT2D eigenvalue weighted by molar-refractivity contribution is 6.07. The van der Waals surface area contributed by atoms with Crippen molar-refractivity contribution in [3.05, 3.63) is 71.8 Å². The summed E-state index contributed by atoms with van der Waals surface area (Å²) >= 11 is 0. The van der Waals surface area contributed by atoms with E-state index in [0.29, 0.717) is 19.0 Å². The second-order valence-electron chi connectivity index (χ2n) is 8.04. The van der Waals surface area contributed by atoms with Crippen molar-refractivity contribution in [3.8, 4) is 0 Å². The zero-order valence-corrected chi connectivity index (χ0v) is 16.3. The number of carbonyl (C=O) groups is 2. The van der Waals surface area contributed by atoms with Gasteiger partial charge in [0, 0.05) is 19.5 Å². The Kier molecular flexibility index (Phi) is 5.18. The van der Waals surface area contributed by atoms with E-state index in [9.17, 15) is 9.59 Å². The molecule has 2 heterocycles. The lowest BCUT2D eigenvalue weighted by molar-refractivity contribution is -0.133. The SMILES string of the molecule is CC1CCN(CN2C(=O)N[C@](Cc3ccccc3)(c3ccccc3)C2=O)CC1. The lowest BCUT2D eigenvalue weighted by Gasteiger charge is -2.33. The van der Waals surface area contributed by atoms with Crippen molar-refractivity contribution in [1.29, 1.82) is 0 Å². The number of benzene rings is 2. The zero-order chi connectivity index (χ0) is 19.6. The fourth-order valence-corrected chi connectivity index (χ4v) is 4.20. The molecule has 5 heteroatoms. The van der Waals surface area contributed by atoms with Crippen molar-refractivity contribution in [2.24, 2.45) is 5.92 Å². The number of nitrogens with one attached hydrogen (secondary N) is 1. The molecule has 3 amide bonds. The Morgan fingerprint density at radius 3 is 2.21 bits per heavy atom. The molecule has 1 atom stereocenters. The molecule has 0 aliphatic carbocycles. The molecule has 2 aliphatic rings. The third-order valence-electron chi connectivity index (χ3n) is 5.97. The molecule has 1 N–H and O–H groups in total. The van der Waals surface area contributed by atoms with E-state index in [1.165, 1.54) is 4.90 Å². The van der Waals surface area contributed by atoms with Crippen LogP contribution in [-0.4, -0.2) is 41.5 Å². The molecule has 2 aromatic rings. The van der Waals surface area contributed by atoms with Gasteiger partial charge in [0.1, 0.15) is 0 Å². The highest BCUT2D eigenvalue weighted by Gasteiger charge is 2.52. The van der Waals surface area contributed by atoms with Crippen LogP contribution in [0, 0.1) is 5.92 Å². The largest absolute Gasteiger partial charge is 0.326 e. The van der Waals surface area contributed by atoms with E-state index < -0.39 is 5.54 Å². The summed E-state index contributed by atoms with van der Waals surface area (Å²) in [6.45, 7) is 4.47. The summed E-state index contributed by atoms with van der Waals surface area (Å²) in [6.07, 6.45) is 2.66. The molecule has 2 saturated heterocycles. The molecule has 0 bridgehead atoms. The second-order valence-corrected chi connectivity index (χ2v) is 8.04. The van der Waals surface area contributed by atoms with Crippen LogP contribution in [0.5, 0.6) is 0 Å². The normalized spacial score (nSPS) is 23.8. The van der Waals surface area contributed by atoms with E-state index in [0.717, 1.165) is 37.1 Å². The fourth-order valence-electron chi connectivity index (χ4n) is 4.20. The summed E-state index contributed by atoms with van der Waals surface area (Å²) < 4.78 is 0. The van der Waals surface area contributed by atoms with Gasteiger partial charge < -0.3 is 5.32 Å². The maximum absolute atomic E-state index is 13.6. The van der Waals surface area contributed by atoms with Gasteiger partial charge in [-0.1, -0.05) is 67.6 Å². The molecule has 0 unspecified atom stereocenters. The molecular weight excluding hydrogens is 350 g/mol. The molecule has 2 aromatic carbocycles. The van der Waals surface area contributed by atoms with Gasteiger partial charge in [-0.05, 0) is 29.9 Å². The molecule has 146 valence electrons. The highest BCUT2D eigenvalue weighted by atomic mass is 16.2. The average molecular weight is 377 g/mol. The third kappa shape index (κ3) is 3.54. The number of rotatable bonds is 5. The quantitative estimate of drug-likeness (QED) is 0.813.